The summed E-state index contributed by atoms with van der Waals surface area (Å²) in [5.41, 5.74) is 4.11. The molecule has 2 N–H and O–H groups in total. The van der Waals surface area contributed by atoms with Crippen molar-refractivity contribution in [3.05, 3.63) is 29.5 Å². The van der Waals surface area contributed by atoms with Gasteiger partial charge in [-0.05, 0) is 37.6 Å². The smallest absolute Gasteiger partial charge is 0.120 e. The molecule has 1 aliphatic rings. The Morgan fingerprint density at radius 2 is 2.16 bits per heavy atom. The molecule has 0 fully saturated rings. The molecular formula is C16H22N2O. The van der Waals surface area contributed by atoms with Crippen molar-refractivity contribution in [2.24, 2.45) is 0 Å². The predicted octanol–water partition coefficient (Wildman–Crippen LogP) is 3.51. The molecule has 3 heteroatoms. The molecule has 19 heavy (non-hydrogen) atoms. The second-order valence-electron chi connectivity index (χ2n) is 6.04. The molecule has 0 aliphatic carbocycles. The number of benzene rings is 1. The van der Waals surface area contributed by atoms with Crippen LogP contribution >= 0.6 is 0 Å². The maximum atomic E-state index is 5.64. The average Bonchev–Trinajstić information content (AvgIpc) is 2.75. The third kappa shape index (κ3) is 1.93. The lowest BCUT2D eigenvalue weighted by Crippen LogP contribution is -2.40. The van der Waals surface area contributed by atoms with Gasteiger partial charge in [-0.3, -0.25) is 0 Å². The quantitative estimate of drug-likeness (QED) is 0.865. The van der Waals surface area contributed by atoms with Gasteiger partial charge in [0.1, 0.15) is 5.75 Å². The standard InChI is InChI=1S/C16H22N2O/c1-5-19-11-6-7-13-12(8-11)14-15(18-13)10(2)17-9-16(14,3)4/h6-8,10,17-18H,5,9H2,1-4H3. The first kappa shape index (κ1) is 12.5. The molecular weight excluding hydrogens is 236 g/mol. The van der Waals surface area contributed by atoms with Crippen molar-refractivity contribution >= 4 is 10.9 Å². The minimum Gasteiger partial charge on any atom is -0.494 e. The van der Waals surface area contributed by atoms with E-state index in [1.165, 1.54) is 22.2 Å². The molecule has 1 unspecified atom stereocenters. The van der Waals surface area contributed by atoms with E-state index >= 15 is 0 Å². The summed E-state index contributed by atoms with van der Waals surface area (Å²) in [6, 6.07) is 6.72. The van der Waals surface area contributed by atoms with Crippen LogP contribution in [-0.2, 0) is 5.41 Å². The number of aromatic nitrogens is 1. The van der Waals surface area contributed by atoms with Crippen molar-refractivity contribution in [3.8, 4) is 5.75 Å². The molecule has 0 saturated heterocycles. The largest absolute Gasteiger partial charge is 0.494 e. The van der Waals surface area contributed by atoms with Gasteiger partial charge < -0.3 is 15.0 Å². The lowest BCUT2D eigenvalue weighted by Gasteiger charge is -2.34. The Kier molecular flexibility index (Phi) is 2.82. The van der Waals surface area contributed by atoms with E-state index in [9.17, 15) is 0 Å². The van der Waals surface area contributed by atoms with Gasteiger partial charge in [0.25, 0.3) is 0 Å². The minimum atomic E-state index is 0.144. The third-order valence-electron chi connectivity index (χ3n) is 4.07. The lowest BCUT2D eigenvalue weighted by molar-refractivity contribution is 0.340. The molecule has 0 amide bonds. The molecule has 3 rings (SSSR count). The van der Waals surface area contributed by atoms with E-state index in [1.54, 1.807) is 0 Å². The van der Waals surface area contributed by atoms with Gasteiger partial charge in [0, 0.05) is 34.6 Å². The minimum absolute atomic E-state index is 0.144. The molecule has 0 bridgehead atoms. The molecule has 1 aromatic carbocycles. The molecule has 2 aromatic rings. The van der Waals surface area contributed by atoms with E-state index in [1.807, 2.05) is 13.0 Å². The predicted molar refractivity (Wildman–Crippen MR) is 78.9 cm³/mol. The molecule has 0 radical (unpaired) electrons. The van der Waals surface area contributed by atoms with Gasteiger partial charge in [-0.15, -0.1) is 0 Å². The van der Waals surface area contributed by atoms with Crippen LogP contribution < -0.4 is 10.1 Å². The van der Waals surface area contributed by atoms with Crippen molar-refractivity contribution in [2.45, 2.75) is 39.2 Å². The Morgan fingerprint density at radius 1 is 1.37 bits per heavy atom. The third-order valence-corrected chi connectivity index (χ3v) is 4.07. The number of aromatic amines is 1. The Hall–Kier alpha value is -1.48. The Bertz CT molecular complexity index is 612. The van der Waals surface area contributed by atoms with Gasteiger partial charge in [-0.1, -0.05) is 13.8 Å². The van der Waals surface area contributed by atoms with Crippen LogP contribution in [-0.4, -0.2) is 18.1 Å². The number of rotatable bonds is 2. The van der Waals surface area contributed by atoms with Crippen LogP contribution in [0.25, 0.3) is 10.9 Å². The zero-order valence-corrected chi connectivity index (χ0v) is 12.1. The summed E-state index contributed by atoms with van der Waals surface area (Å²) in [5, 5.41) is 4.87. The van der Waals surface area contributed by atoms with Crippen molar-refractivity contribution in [3.63, 3.8) is 0 Å². The summed E-state index contributed by atoms with van der Waals surface area (Å²) in [5.74, 6) is 0.957. The average molecular weight is 258 g/mol. The normalized spacial score (nSPS) is 21.4. The van der Waals surface area contributed by atoms with Gasteiger partial charge in [0.15, 0.2) is 0 Å². The highest BCUT2D eigenvalue weighted by molar-refractivity contribution is 5.87. The van der Waals surface area contributed by atoms with E-state index in [4.69, 9.17) is 4.74 Å². The number of hydrogen-bond donors (Lipinski definition) is 2. The topological polar surface area (TPSA) is 37.0 Å². The Balaban J connectivity index is 2.24. The summed E-state index contributed by atoms with van der Waals surface area (Å²) < 4.78 is 5.64. The van der Waals surface area contributed by atoms with Gasteiger partial charge in [-0.25, -0.2) is 0 Å². The van der Waals surface area contributed by atoms with Crippen LogP contribution in [0.4, 0.5) is 0 Å². The fraction of sp³-hybridized carbons (Fsp3) is 0.500. The van der Waals surface area contributed by atoms with Gasteiger partial charge in [0.05, 0.1) is 6.61 Å². The van der Waals surface area contributed by atoms with Crippen LogP contribution in [0.1, 0.15) is 45.0 Å². The maximum Gasteiger partial charge on any atom is 0.120 e. The molecule has 1 aromatic heterocycles. The highest BCUT2D eigenvalue weighted by Gasteiger charge is 2.34. The molecule has 1 atom stereocenters. The number of ether oxygens (including phenoxy) is 1. The first-order chi connectivity index (χ1) is 9.03. The summed E-state index contributed by atoms with van der Waals surface area (Å²) >= 11 is 0. The van der Waals surface area contributed by atoms with Crippen molar-refractivity contribution < 1.29 is 4.74 Å². The van der Waals surface area contributed by atoms with Crippen molar-refractivity contribution in [1.29, 1.82) is 0 Å². The summed E-state index contributed by atoms with van der Waals surface area (Å²) in [4.78, 5) is 3.57. The zero-order chi connectivity index (χ0) is 13.6. The first-order valence-corrected chi connectivity index (χ1v) is 7.05. The van der Waals surface area contributed by atoms with Crippen LogP contribution in [0.2, 0.25) is 0 Å². The van der Waals surface area contributed by atoms with Gasteiger partial charge in [0.2, 0.25) is 0 Å². The van der Waals surface area contributed by atoms with E-state index in [2.05, 4.69) is 43.2 Å². The number of nitrogens with one attached hydrogen (secondary N) is 2. The second kappa shape index (κ2) is 4.27. The number of hydrogen-bond acceptors (Lipinski definition) is 2. The second-order valence-corrected chi connectivity index (χ2v) is 6.04. The number of H-pyrrole nitrogens is 1. The van der Waals surface area contributed by atoms with E-state index in [0.29, 0.717) is 12.6 Å². The molecule has 2 heterocycles. The van der Waals surface area contributed by atoms with Crippen LogP contribution in [0.5, 0.6) is 5.75 Å². The van der Waals surface area contributed by atoms with Crippen LogP contribution in [0, 0.1) is 0 Å². The molecule has 3 nitrogen and oxygen atoms in total. The van der Waals surface area contributed by atoms with Crippen LogP contribution in [0.3, 0.4) is 0 Å². The summed E-state index contributed by atoms with van der Waals surface area (Å²) in [7, 11) is 0. The Morgan fingerprint density at radius 3 is 2.89 bits per heavy atom. The highest BCUT2D eigenvalue weighted by atomic mass is 16.5. The fourth-order valence-corrected chi connectivity index (χ4v) is 3.10. The van der Waals surface area contributed by atoms with E-state index in [0.717, 1.165) is 12.3 Å². The van der Waals surface area contributed by atoms with Gasteiger partial charge >= 0.3 is 0 Å². The van der Waals surface area contributed by atoms with Crippen molar-refractivity contribution in [1.82, 2.24) is 10.3 Å². The van der Waals surface area contributed by atoms with E-state index < -0.39 is 0 Å². The molecule has 1 aliphatic heterocycles. The molecule has 102 valence electrons. The molecule has 0 spiro atoms. The molecule has 0 saturated carbocycles. The van der Waals surface area contributed by atoms with E-state index in [-0.39, 0.29) is 5.41 Å². The number of fused-ring (bicyclic) bond motifs is 3. The lowest BCUT2D eigenvalue weighted by atomic mass is 9.78. The first-order valence-electron chi connectivity index (χ1n) is 7.05. The highest BCUT2D eigenvalue weighted by Crippen LogP contribution is 2.40. The van der Waals surface area contributed by atoms with Gasteiger partial charge in [-0.2, -0.15) is 0 Å². The summed E-state index contributed by atoms with van der Waals surface area (Å²) in [6.07, 6.45) is 0. The summed E-state index contributed by atoms with van der Waals surface area (Å²) in [6.45, 7) is 10.5. The Labute approximate surface area is 114 Å². The zero-order valence-electron chi connectivity index (χ0n) is 12.1. The van der Waals surface area contributed by atoms with Crippen LogP contribution in [0.15, 0.2) is 18.2 Å². The fourth-order valence-electron chi connectivity index (χ4n) is 3.10. The monoisotopic (exact) mass is 258 g/mol. The maximum absolute atomic E-state index is 5.64. The van der Waals surface area contributed by atoms with Crippen molar-refractivity contribution in [2.75, 3.05) is 13.2 Å². The SMILES string of the molecule is CCOc1ccc2[nH]c3c(c2c1)C(C)(C)CNC3C.